The van der Waals surface area contributed by atoms with Crippen molar-refractivity contribution in [1.29, 1.82) is 0 Å². The van der Waals surface area contributed by atoms with Crippen LogP contribution in [-0.2, 0) is 11.0 Å². The van der Waals surface area contributed by atoms with Crippen LogP contribution in [-0.4, -0.2) is 10.9 Å². The van der Waals surface area contributed by atoms with Crippen molar-refractivity contribution >= 4 is 28.8 Å². The third kappa shape index (κ3) is 1.79. The van der Waals surface area contributed by atoms with Crippen molar-refractivity contribution in [3.8, 4) is 0 Å². The molecule has 2 bridgehead atoms. The third-order valence-electron chi connectivity index (χ3n) is 4.90. The van der Waals surface area contributed by atoms with Crippen molar-refractivity contribution in [3.05, 3.63) is 42.0 Å². The summed E-state index contributed by atoms with van der Waals surface area (Å²) in [5.74, 6) is 0.0359. The molecule has 22 heavy (non-hydrogen) atoms. The fourth-order valence-electron chi connectivity index (χ4n) is 3.98. The van der Waals surface area contributed by atoms with Gasteiger partial charge in [-0.3, -0.25) is 9.69 Å². The highest BCUT2D eigenvalue weighted by atomic mass is 32.1. The molecule has 1 aliphatic heterocycles. The summed E-state index contributed by atoms with van der Waals surface area (Å²) in [6.07, 6.45) is 0.623. The summed E-state index contributed by atoms with van der Waals surface area (Å²) in [6.45, 7) is 0. The van der Waals surface area contributed by atoms with E-state index in [1.165, 1.54) is 17.0 Å². The number of benzene rings is 1. The molecule has 2 nitrogen and oxygen atoms in total. The number of halogens is 3. The van der Waals surface area contributed by atoms with E-state index in [4.69, 9.17) is 12.2 Å². The van der Waals surface area contributed by atoms with Crippen molar-refractivity contribution in [3.63, 3.8) is 0 Å². The first-order chi connectivity index (χ1) is 10.4. The van der Waals surface area contributed by atoms with Crippen LogP contribution in [0.1, 0.15) is 12.0 Å². The monoisotopic (exact) mass is 323 g/mol. The topological polar surface area (TPSA) is 20.3 Å². The van der Waals surface area contributed by atoms with Gasteiger partial charge in [0.25, 0.3) is 0 Å². The summed E-state index contributed by atoms with van der Waals surface area (Å²) in [6, 6.07) is 4.82. The second kappa shape index (κ2) is 4.41. The number of hydrogen-bond donors (Lipinski definition) is 0. The van der Waals surface area contributed by atoms with Crippen LogP contribution in [0.2, 0.25) is 0 Å². The van der Waals surface area contributed by atoms with Crippen LogP contribution in [0, 0.1) is 23.7 Å². The summed E-state index contributed by atoms with van der Waals surface area (Å²) < 4.78 is 38.6. The number of amides is 1. The number of rotatable bonds is 1. The predicted octanol–water partition coefficient (Wildman–Crippen LogP) is 3.82. The minimum absolute atomic E-state index is 0.0351. The molecule has 0 radical (unpaired) electrons. The van der Waals surface area contributed by atoms with E-state index in [0.29, 0.717) is 4.99 Å². The first-order valence-corrected chi connectivity index (χ1v) is 7.52. The predicted molar refractivity (Wildman–Crippen MR) is 79.2 cm³/mol. The second-order valence-corrected chi connectivity index (χ2v) is 6.48. The van der Waals surface area contributed by atoms with E-state index in [1.807, 2.05) is 6.08 Å². The molecule has 1 saturated heterocycles. The Kier molecular flexibility index (Phi) is 2.79. The zero-order valence-corrected chi connectivity index (χ0v) is 12.2. The lowest BCUT2D eigenvalue weighted by Gasteiger charge is -2.20. The van der Waals surface area contributed by atoms with Crippen LogP contribution < -0.4 is 4.90 Å². The molecule has 1 aromatic rings. The number of thiocarbonyl (C=S) groups is 1. The maximum atomic E-state index is 12.9. The normalized spacial score (nSPS) is 33.0. The van der Waals surface area contributed by atoms with E-state index in [1.54, 1.807) is 0 Å². The Balaban J connectivity index is 1.73. The average molecular weight is 323 g/mol. The Morgan fingerprint density at radius 1 is 1.14 bits per heavy atom. The smallest absolute Gasteiger partial charge is 0.274 e. The van der Waals surface area contributed by atoms with Gasteiger partial charge in [0, 0.05) is 5.92 Å². The van der Waals surface area contributed by atoms with E-state index in [2.05, 4.69) is 6.08 Å². The van der Waals surface area contributed by atoms with Gasteiger partial charge in [-0.05, 0) is 36.5 Å². The van der Waals surface area contributed by atoms with Crippen molar-refractivity contribution in [2.24, 2.45) is 23.7 Å². The number of carbonyl (C=O) groups excluding carboxylic acids is 1. The van der Waals surface area contributed by atoms with Gasteiger partial charge >= 0.3 is 6.18 Å². The molecular formula is C16H12F3NOS. The summed E-state index contributed by atoms with van der Waals surface area (Å²) in [7, 11) is 0. The van der Waals surface area contributed by atoms with Crippen LogP contribution in [0.4, 0.5) is 18.9 Å². The lowest BCUT2D eigenvalue weighted by Crippen LogP contribution is -2.32. The van der Waals surface area contributed by atoms with E-state index in [9.17, 15) is 18.0 Å². The molecule has 0 unspecified atom stereocenters. The fraction of sp³-hybridized carbons (Fsp3) is 0.375. The molecule has 1 heterocycles. The van der Waals surface area contributed by atoms with Gasteiger partial charge in [0.1, 0.15) is 0 Å². The molecule has 1 saturated carbocycles. The van der Waals surface area contributed by atoms with Gasteiger partial charge in [-0.1, -0.05) is 30.4 Å². The summed E-state index contributed by atoms with van der Waals surface area (Å²) in [4.78, 5) is 14.4. The lowest BCUT2D eigenvalue weighted by molar-refractivity contribution is -0.137. The molecule has 1 aromatic carbocycles. The first-order valence-electron chi connectivity index (χ1n) is 7.11. The highest BCUT2D eigenvalue weighted by molar-refractivity contribution is 7.80. The van der Waals surface area contributed by atoms with Gasteiger partial charge in [0.05, 0.1) is 22.2 Å². The van der Waals surface area contributed by atoms with Crippen LogP contribution >= 0.6 is 12.2 Å². The van der Waals surface area contributed by atoms with Gasteiger partial charge in [-0.15, -0.1) is 0 Å². The van der Waals surface area contributed by atoms with Crippen molar-refractivity contribution < 1.29 is 18.0 Å². The maximum absolute atomic E-state index is 12.9. The Morgan fingerprint density at radius 2 is 1.82 bits per heavy atom. The minimum atomic E-state index is -4.43. The molecule has 0 N–H and O–H groups in total. The van der Waals surface area contributed by atoms with E-state index >= 15 is 0 Å². The minimum Gasteiger partial charge on any atom is -0.274 e. The molecule has 4 atom stereocenters. The van der Waals surface area contributed by atoms with Crippen LogP contribution in [0.3, 0.4) is 0 Å². The molecule has 2 aliphatic carbocycles. The number of anilines is 1. The van der Waals surface area contributed by atoms with Crippen LogP contribution in [0.25, 0.3) is 0 Å². The van der Waals surface area contributed by atoms with Crippen molar-refractivity contribution in [1.82, 2.24) is 0 Å². The Morgan fingerprint density at radius 3 is 2.45 bits per heavy atom. The standard InChI is InChI=1S/C16H12F3NOS/c17-16(18,19)10-2-1-3-11(7-10)20-14(21)12-8-4-5-9(6-8)13(12)15(20)22/h1-5,7-9,12-13H,6H2/t8-,9+,12-,13+/m1/s1. The van der Waals surface area contributed by atoms with Crippen molar-refractivity contribution in [2.45, 2.75) is 12.6 Å². The largest absolute Gasteiger partial charge is 0.416 e. The Bertz CT molecular complexity index is 682. The second-order valence-electron chi connectivity index (χ2n) is 6.06. The fourth-order valence-corrected chi connectivity index (χ4v) is 4.49. The van der Waals surface area contributed by atoms with Crippen LogP contribution in [0.15, 0.2) is 36.4 Å². The Labute approximate surface area is 130 Å². The van der Waals surface area contributed by atoms with Gasteiger partial charge in [-0.2, -0.15) is 13.2 Å². The maximum Gasteiger partial charge on any atom is 0.416 e. The average Bonchev–Trinajstić information content (AvgIpc) is 3.12. The third-order valence-corrected chi connectivity index (χ3v) is 5.36. The molecule has 0 aromatic heterocycles. The van der Waals surface area contributed by atoms with Crippen molar-refractivity contribution in [2.75, 3.05) is 4.90 Å². The summed E-state index contributed by atoms with van der Waals surface area (Å²) >= 11 is 5.43. The lowest BCUT2D eigenvalue weighted by atomic mass is 9.86. The van der Waals surface area contributed by atoms with Gasteiger partial charge in [0.2, 0.25) is 5.91 Å². The zero-order valence-electron chi connectivity index (χ0n) is 11.4. The Hall–Kier alpha value is -1.69. The molecular weight excluding hydrogens is 311 g/mol. The molecule has 6 heteroatoms. The SMILES string of the molecule is O=C1[C@H]2[C@@H](C(=S)N1c1cccc(C(F)(F)F)c1)[C@H]1C=C[C@@H]2C1. The number of nitrogens with zero attached hydrogens (tertiary/aromatic N) is 1. The van der Waals surface area contributed by atoms with Gasteiger partial charge in [0.15, 0.2) is 0 Å². The molecule has 4 rings (SSSR count). The summed E-state index contributed by atoms with van der Waals surface area (Å²) in [5.41, 5.74) is -0.544. The zero-order chi connectivity index (χ0) is 15.6. The number of fused-ring (bicyclic) bond motifs is 5. The molecule has 0 spiro atoms. The molecule has 1 amide bonds. The van der Waals surface area contributed by atoms with Gasteiger partial charge in [-0.25, -0.2) is 0 Å². The quantitative estimate of drug-likeness (QED) is 0.578. The first kappa shape index (κ1) is 13.9. The van der Waals surface area contributed by atoms with E-state index in [0.717, 1.165) is 18.6 Å². The number of carbonyl (C=O) groups is 1. The van der Waals surface area contributed by atoms with Gasteiger partial charge < -0.3 is 0 Å². The molecule has 2 fully saturated rings. The highest BCUT2D eigenvalue weighted by Crippen LogP contribution is 2.53. The number of alkyl halides is 3. The number of hydrogen-bond acceptors (Lipinski definition) is 2. The summed E-state index contributed by atoms with van der Waals surface area (Å²) in [5, 5.41) is 0. The van der Waals surface area contributed by atoms with Crippen LogP contribution in [0.5, 0.6) is 0 Å². The number of allylic oxidation sites excluding steroid dienone is 2. The highest BCUT2D eigenvalue weighted by Gasteiger charge is 2.57. The molecule has 114 valence electrons. The molecule has 3 aliphatic rings. The van der Waals surface area contributed by atoms with E-state index in [-0.39, 0.29) is 35.3 Å². The van der Waals surface area contributed by atoms with E-state index < -0.39 is 11.7 Å².